The molecular weight excluding hydrogens is 414 g/mol. The molecule has 1 unspecified atom stereocenters. The molecule has 1 saturated heterocycles. The molecule has 0 saturated carbocycles. The van der Waals surface area contributed by atoms with E-state index >= 15 is 0 Å². The number of nitrogens with zero attached hydrogens (tertiary/aromatic N) is 6. The maximum Gasteiger partial charge on any atom is 0.253 e. The summed E-state index contributed by atoms with van der Waals surface area (Å²) < 4.78 is 29.2. The summed E-state index contributed by atoms with van der Waals surface area (Å²) in [4.78, 5) is 30.8. The Hall–Kier alpha value is -3.36. The molecule has 0 spiro atoms. The number of carbonyl (C=O) groups is 1. The molecule has 5 rings (SSSR count). The van der Waals surface area contributed by atoms with Crippen molar-refractivity contribution < 1.29 is 13.6 Å². The molecule has 1 fully saturated rings. The van der Waals surface area contributed by atoms with E-state index in [1.54, 1.807) is 28.9 Å². The number of rotatable bonds is 3. The average Bonchev–Trinajstić information content (AvgIpc) is 3.26. The predicted octanol–water partition coefficient (Wildman–Crippen LogP) is 3.97. The zero-order chi connectivity index (χ0) is 22.6. The number of carbonyl (C=O) groups excluding carboxylic acids is 1. The van der Waals surface area contributed by atoms with Crippen molar-refractivity contribution in [3.63, 3.8) is 0 Å². The fourth-order valence-corrected chi connectivity index (χ4v) is 5.03. The Kier molecular flexibility index (Phi) is 4.72. The maximum atomic E-state index is 13.8. The van der Waals surface area contributed by atoms with Crippen molar-refractivity contribution in [2.24, 2.45) is 5.92 Å². The second-order valence-corrected chi connectivity index (χ2v) is 8.71. The fraction of sp³-hybridized carbons (Fsp3) is 0.391. The van der Waals surface area contributed by atoms with E-state index in [0.717, 1.165) is 31.9 Å². The number of imidazole rings is 1. The minimum Gasteiger partial charge on any atom is -0.340 e. The van der Waals surface area contributed by atoms with Crippen molar-refractivity contribution >= 4 is 17.4 Å². The number of halogens is 2. The standard InChI is InChI=1S/C23H24F2N6O/c1-14(2)23-6-4-5-8-31(23)20-18(29(3)21(23)32)13-27-22(28-20)30-9-7-26-19(30)15-10-16(24)12-17(25)11-15/h7,9-14H,4-6,8H2,1-3H3. The molecule has 1 aromatic carbocycles. The summed E-state index contributed by atoms with van der Waals surface area (Å²) in [5.74, 6) is 0.144. The Morgan fingerprint density at radius 2 is 1.84 bits per heavy atom. The minimum atomic E-state index is -0.684. The quantitative estimate of drug-likeness (QED) is 0.619. The molecule has 0 N–H and O–H groups in total. The SMILES string of the molecule is CC(C)C12CCCCN1c1nc(-n3ccnc3-c3cc(F)cc(F)c3)ncc1N(C)C2=O. The smallest absolute Gasteiger partial charge is 0.253 e. The summed E-state index contributed by atoms with van der Waals surface area (Å²) in [5.41, 5.74) is 0.292. The lowest BCUT2D eigenvalue weighted by Crippen LogP contribution is -2.67. The van der Waals surface area contributed by atoms with E-state index in [2.05, 4.69) is 28.7 Å². The van der Waals surface area contributed by atoms with E-state index in [-0.39, 0.29) is 17.4 Å². The van der Waals surface area contributed by atoms with Gasteiger partial charge < -0.3 is 9.80 Å². The maximum absolute atomic E-state index is 13.8. The monoisotopic (exact) mass is 438 g/mol. The molecule has 1 amide bonds. The van der Waals surface area contributed by atoms with Crippen molar-refractivity contribution in [1.82, 2.24) is 19.5 Å². The molecule has 4 heterocycles. The van der Waals surface area contributed by atoms with Gasteiger partial charge in [-0.05, 0) is 37.3 Å². The molecular formula is C23H24F2N6O. The number of likely N-dealkylation sites (N-methyl/N-ethyl adjacent to an activating group) is 1. The van der Waals surface area contributed by atoms with Crippen molar-refractivity contribution in [3.8, 4) is 17.3 Å². The third-order valence-electron chi connectivity index (χ3n) is 6.63. The molecule has 1 atom stereocenters. The first-order chi connectivity index (χ1) is 15.3. The Morgan fingerprint density at radius 3 is 2.56 bits per heavy atom. The minimum absolute atomic E-state index is 0.0644. The summed E-state index contributed by atoms with van der Waals surface area (Å²) in [6, 6.07) is 3.27. The molecule has 32 heavy (non-hydrogen) atoms. The summed E-state index contributed by atoms with van der Waals surface area (Å²) in [7, 11) is 1.76. The first kappa shape index (κ1) is 20.5. The predicted molar refractivity (Wildman–Crippen MR) is 117 cm³/mol. The third kappa shape index (κ3) is 2.91. The van der Waals surface area contributed by atoms with Crippen LogP contribution in [0.2, 0.25) is 0 Å². The van der Waals surface area contributed by atoms with Crippen LogP contribution in [0, 0.1) is 17.6 Å². The van der Waals surface area contributed by atoms with Gasteiger partial charge >= 0.3 is 0 Å². The van der Waals surface area contributed by atoms with Gasteiger partial charge in [0.05, 0.1) is 6.20 Å². The number of piperidine rings is 1. The van der Waals surface area contributed by atoms with Crippen LogP contribution in [0.15, 0.2) is 36.8 Å². The van der Waals surface area contributed by atoms with Crippen LogP contribution in [-0.2, 0) is 4.79 Å². The number of amides is 1. The second kappa shape index (κ2) is 7.36. The van der Waals surface area contributed by atoms with Crippen LogP contribution < -0.4 is 9.80 Å². The number of hydrogen-bond donors (Lipinski definition) is 0. The third-order valence-corrected chi connectivity index (χ3v) is 6.63. The lowest BCUT2D eigenvalue weighted by atomic mass is 9.75. The van der Waals surface area contributed by atoms with Gasteiger partial charge in [0.1, 0.15) is 28.7 Å². The highest BCUT2D eigenvalue weighted by molar-refractivity contribution is 6.07. The summed E-state index contributed by atoms with van der Waals surface area (Å²) >= 11 is 0. The molecule has 3 aromatic rings. The van der Waals surface area contributed by atoms with Crippen LogP contribution in [-0.4, -0.2) is 44.6 Å². The molecule has 2 aliphatic rings. The van der Waals surface area contributed by atoms with Gasteiger partial charge in [0.2, 0.25) is 5.95 Å². The first-order valence-electron chi connectivity index (χ1n) is 10.8. The Morgan fingerprint density at radius 1 is 1.09 bits per heavy atom. The number of aromatic nitrogens is 4. The molecule has 9 heteroatoms. The zero-order valence-corrected chi connectivity index (χ0v) is 18.2. The molecule has 7 nitrogen and oxygen atoms in total. The zero-order valence-electron chi connectivity index (χ0n) is 18.2. The van der Waals surface area contributed by atoms with Crippen LogP contribution in [0.3, 0.4) is 0 Å². The van der Waals surface area contributed by atoms with Crippen molar-refractivity contribution in [2.45, 2.75) is 38.6 Å². The van der Waals surface area contributed by atoms with Gasteiger partial charge in [0.25, 0.3) is 5.91 Å². The van der Waals surface area contributed by atoms with E-state index in [4.69, 9.17) is 4.98 Å². The molecule has 2 aromatic heterocycles. The Balaban J connectivity index is 1.65. The van der Waals surface area contributed by atoms with Crippen molar-refractivity contribution in [2.75, 3.05) is 23.4 Å². The van der Waals surface area contributed by atoms with Crippen molar-refractivity contribution in [1.29, 1.82) is 0 Å². The van der Waals surface area contributed by atoms with Crippen LogP contribution in [0.25, 0.3) is 17.3 Å². The van der Waals surface area contributed by atoms with E-state index in [1.165, 1.54) is 18.3 Å². The largest absolute Gasteiger partial charge is 0.340 e. The molecule has 2 aliphatic heterocycles. The van der Waals surface area contributed by atoms with Crippen LogP contribution in [0.1, 0.15) is 33.1 Å². The second-order valence-electron chi connectivity index (χ2n) is 8.71. The number of anilines is 2. The summed E-state index contributed by atoms with van der Waals surface area (Å²) in [6.07, 6.45) is 7.55. The van der Waals surface area contributed by atoms with E-state index in [0.29, 0.717) is 23.3 Å². The van der Waals surface area contributed by atoms with Gasteiger partial charge in [-0.1, -0.05) is 13.8 Å². The van der Waals surface area contributed by atoms with Gasteiger partial charge in [-0.3, -0.25) is 9.36 Å². The van der Waals surface area contributed by atoms with Gasteiger partial charge in [-0.2, -0.15) is 4.98 Å². The Labute approximate surface area is 184 Å². The highest BCUT2D eigenvalue weighted by Crippen LogP contribution is 2.46. The lowest BCUT2D eigenvalue weighted by Gasteiger charge is -2.54. The number of benzene rings is 1. The highest BCUT2D eigenvalue weighted by atomic mass is 19.1. The van der Waals surface area contributed by atoms with Crippen molar-refractivity contribution in [3.05, 3.63) is 48.4 Å². The number of fused-ring (bicyclic) bond motifs is 3. The normalized spacial score (nSPS) is 20.5. The van der Waals surface area contributed by atoms with Crippen LogP contribution >= 0.6 is 0 Å². The summed E-state index contributed by atoms with van der Waals surface area (Å²) in [5, 5.41) is 0. The van der Waals surface area contributed by atoms with E-state index in [9.17, 15) is 13.6 Å². The van der Waals surface area contributed by atoms with E-state index < -0.39 is 17.2 Å². The average molecular weight is 438 g/mol. The van der Waals surface area contributed by atoms with Gasteiger partial charge in [0.15, 0.2) is 5.82 Å². The molecule has 0 aliphatic carbocycles. The van der Waals surface area contributed by atoms with Gasteiger partial charge in [-0.25, -0.2) is 18.7 Å². The van der Waals surface area contributed by atoms with E-state index in [1.807, 2.05) is 0 Å². The summed E-state index contributed by atoms with van der Waals surface area (Å²) in [6.45, 7) is 4.88. The van der Waals surface area contributed by atoms with Crippen LogP contribution in [0.4, 0.5) is 20.3 Å². The Bertz CT molecular complexity index is 1190. The first-order valence-corrected chi connectivity index (χ1v) is 10.8. The van der Waals surface area contributed by atoms with Gasteiger partial charge in [0, 0.05) is 37.6 Å². The van der Waals surface area contributed by atoms with Crippen LogP contribution in [0.5, 0.6) is 0 Å². The molecule has 0 radical (unpaired) electrons. The highest BCUT2D eigenvalue weighted by Gasteiger charge is 2.54. The topological polar surface area (TPSA) is 67.2 Å². The number of hydrogen-bond acceptors (Lipinski definition) is 5. The fourth-order valence-electron chi connectivity index (χ4n) is 5.03. The molecule has 166 valence electrons. The lowest BCUT2D eigenvalue weighted by molar-refractivity contribution is -0.126. The molecule has 0 bridgehead atoms. The van der Waals surface area contributed by atoms with Gasteiger partial charge in [-0.15, -0.1) is 0 Å².